The van der Waals surface area contributed by atoms with Crippen LogP contribution in [0.1, 0.15) is 18.4 Å². The number of rotatable bonds is 12. The van der Waals surface area contributed by atoms with Crippen LogP contribution in [-0.2, 0) is 4.79 Å². The molecule has 0 aliphatic carbocycles. The summed E-state index contributed by atoms with van der Waals surface area (Å²) in [4.78, 5) is 19.4. The minimum atomic E-state index is -0.841. The Kier molecular flexibility index (Phi) is 9.89. The Hall–Kier alpha value is -3.94. The number of thioether (sulfide) groups is 1. The molecule has 0 saturated heterocycles. The van der Waals surface area contributed by atoms with E-state index in [-0.39, 0.29) is 5.75 Å². The minimum Gasteiger partial charge on any atom is -0.481 e. The number of hydrogen-bond donors (Lipinski definition) is 2. The Morgan fingerprint density at radius 1 is 1.03 bits per heavy atom. The fraction of sp³-hybridized carbons (Fsp3) is 0.219. The number of carboxylic acid groups (broad SMARTS) is 1. The second kappa shape index (κ2) is 13.7. The summed E-state index contributed by atoms with van der Waals surface area (Å²) in [5.41, 5.74) is 6.34. The lowest BCUT2D eigenvalue weighted by Crippen LogP contribution is -2.23. The highest BCUT2D eigenvalue weighted by Gasteiger charge is 2.12. The summed E-state index contributed by atoms with van der Waals surface area (Å²) in [6.45, 7) is 5.75. The van der Waals surface area contributed by atoms with Gasteiger partial charge in [-0.15, -0.1) is 0 Å². The van der Waals surface area contributed by atoms with E-state index in [0.717, 1.165) is 57.8 Å². The number of benzene rings is 3. The molecule has 0 amide bonds. The van der Waals surface area contributed by atoms with Crippen LogP contribution in [0.2, 0.25) is 0 Å². The maximum atomic E-state index is 10.8. The van der Waals surface area contributed by atoms with E-state index >= 15 is 0 Å². The first-order chi connectivity index (χ1) is 19.0. The van der Waals surface area contributed by atoms with E-state index in [1.54, 1.807) is 20.4 Å². The lowest BCUT2D eigenvalue weighted by molar-refractivity contribution is -0.133. The number of ether oxygens (including phenoxy) is 1. The summed E-state index contributed by atoms with van der Waals surface area (Å²) in [7, 11) is 3.33. The molecule has 0 radical (unpaired) electrons. The average Bonchev–Trinajstić information content (AvgIpc) is 2.97. The SMILES string of the molecule is C=C(CCCNCC(=NC)SCC(=O)O)c1cc(-c2ccc3ccccc3c2)cc(-c2cccnc2OC)c1. The van der Waals surface area contributed by atoms with Gasteiger partial charge in [-0.2, -0.15) is 0 Å². The molecule has 0 aliphatic heterocycles. The molecule has 2 N–H and O–H groups in total. The lowest BCUT2D eigenvalue weighted by Gasteiger charge is -2.15. The lowest BCUT2D eigenvalue weighted by atomic mass is 9.92. The molecule has 3 aromatic carbocycles. The van der Waals surface area contributed by atoms with Gasteiger partial charge in [0.2, 0.25) is 5.88 Å². The fourth-order valence-electron chi connectivity index (χ4n) is 4.40. The third kappa shape index (κ3) is 7.56. The number of carbonyl (C=O) groups is 1. The van der Waals surface area contributed by atoms with Gasteiger partial charge >= 0.3 is 5.97 Å². The van der Waals surface area contributed by atoms with Gasteiger partial charge in [0.1, 0.15) is 0 Å². The first-order valence-electron chi connectivity index (χ1n) is 12.8. The van der Waals surface area contributed by atoms with Crippen LogP contribution in [0.5, 0.6) is 5.88 Å². The number of fused-ring (bicyclic) bond motifs is 1. The van der Waals surface area contributed by atoms with Crippen LogP contribution in [0.4, 0.5) is 0 Å². The highest BCUT2D eigenvalue weighted by atomic mass is 32.2. The Balaban J connectivity index is 1.54. The number of nitrogens with zero attached hydrogens (tertiary/aromatic N) is 2. The van der Waals surface area contributed by atoms with Gasteiger partial charge in [0.05, 0.1) is 17.9 Å². The third-order valence-corrected chi connectivity index (χ3v) is 7.47. The molecular formula is C32H33N3O3S. The highest BCUT2D eigenvalue weighted by molar-refractivity contribution is 8.14. The summed E-state index contributed by atoms with van der Waals surface area (Å²) in [6.07, 6.45) is 3.45. The number of pyridine rings is 1. The minimum absolute atomic E-state index is 0.0166. The van der Waals surface area contributed by atoms with Crippen molar-refractivity contribution in [2.75, 3.05) is 33.0 Å². The topological polar surface area (TPSA) is 83.8 Å². The van der Waals surface area contributed by atoms with Crippen molar-refractivity contribution in [1.82, 2.24) is 10.3 Å². The summed E-state index contributed by atoms with van der Waals surface area (Å²) in [6, 6.07) is 25.4. The van der Waals surface area contributed by atoms with Crippen LogP contribution in [-0.4, -0.2) is 54.1 Å². The van der Waals surface area contributed by atoms with Crippen LogP contribution in [0.25, 0.3) is 38.6 Å². The van der Waals surface area contributed by atoms with Crippen LogP contribution in [0.3, 0.4) is 0 Å². The zero-order valence-corrected chi connectivity index (χ0v) is 23.1. The highest BCUT2D eigenvalue weighted by Crippen LogP contribution is 2.35. The van der Waals surface area contributed by atoms with Gasteiger partial charge in [-0.1, -0.05) is 54.7 Å². The summed E-state index contributed by atoms with van der Waals surface area (Å²) in [5, 5.41) is 15.4. The summed E-state index contributed by atoms with van der Waals surface area (Å²) < 4.78 is 5.57. The van der Waals surface area contributed by atoms with E-state index in [1.807, 2.05) is 12.1 Å². The molecule has 4 aromatic rings. The normalized spacial score (nSPS) is 11.5. The number of nitrogens with one attached hydrogen (secondary N) is 1. The van der Waals surface area contributed by atoms with Crippen molar-refractivity contribution >= 4 is 39.1 Å². The number of aliphatic imine (C=N–C) groups is 1. The Bertz CT molecular complexity index is 1500. The molecule has 0 saturated carbocycles. The molecule has 1 heterocycles. The monoisotopic (exact) mass is 539 g/mol. The van der Waals surface area contributed by atoms with E-state index in [4.69, 9.17) is 9.84 Å². The number of methoxy groups -OCH3 is 1. The molecule has 0 atom stereocenters. The predicted molar refractivity (Wildman–Crippen MR) is 164 cm³/mol. The van der Waals surface area contributed by atoms with Gasteiger partial charge < -0.3 is 15.2 Å². The predicted octanol–water partition coefficient (Wildman–Crippen LogP) is 6.81. The molecule has 0 fully saturated rings. The van der Waals surface area contributed by atoms with Crippen LogP contribution >= 0.6 is 11.8 Å². The van der Waals surface area contributed by atoms with E-state index in [2.05, 4.69) is 82.5 Å². The molecule has 4 rings (SSSR count). The number of aliphatic carboxylic acids is 1. The molecule has 7 heteroatoms. The van der Waals surface area contributed by atoms with Crippen molar-refractivity contribution in [3.63, 3.8) is 0 Å². The number of carboxylic acids is 1. The maximum absolute atomic E-state index is 10.8. The molecule has 39 heavy (non-hydrogen) atoms. The standard InChI is InChI=1S/C32H33N3O3S/c1-22(8-6-14-34-20-30(33-2)39-21-31(36)37)26-17-27(25-13-12-23-9-4-5-10-24(23)16-25)19-28(18-26)29-11-7-15-35-32(29)38-3/h4-5,7,9-13,15-19,34H,1,6,8,14,20-21H2,2-3H3,(H,36,37). The molecule has 0 unspecified atom stereocenters. The molecule has 0 aliphatic rings. The first kappa shape index (κ1) is 28.1. The quantitative estimate of drug-likeness (QED) is 0.117. The molecule has 0 bridgehead atoms. The van der Waals surface area contributed by atoms with Crippen molar-refractivity contribution in [2.45, 2.75) is 12.8 Å². The van der Waals surface area contributed by atoms with Crippen molar-refractivity contribution in [1.29, 1.82) is 0 Å². The van der Waals surface area contributed by atoms with Gasteiger partial charge in [-0.25, -0.2) is 4.98 Å². The fourth-order valence-corrected chi connectivity index (χ4v) is 5.03. The second-order valence-electron chi connectivity index (χ2n) is 9.10. The van der Waals surface area contributed by atoms with E-state index in [9.17, 15) is 4.79 Å². The van der Waals surface area contributed by atoms with Gasteiger partial charge in [0, 0.05) is 25.4 Å². The van der Waals surface area contributed by atoms with Crippen molar-refractivity contribution in [3.8, 4) is 28.1 Å². The second-order valence-corrected chi connectivity index (χ2v) is 10.2. The van der Waals surface area contributed by atoms with Crippen LogP contribution < -0.4 is 10.1 Å². The Labute approximate surface area is 233 Å². The number of allylic oxidation sites excluding steroid dienone is 1. The van der Waals surface area contributed by atoms with Crippen LogP contribution in [0, 0.1) is 0 Å². The molecule has 200 valence electrons. The summed E-state index contributed by atoms with van der Waals surface area (Å²) >= 11 is 1.25. The molecule has 1 aromatic heterocycles. The Morgan fingerprint density at radius 2 is 1.82 bits per heavy atom. The van der Waals surface area contributed by atoms with Crippen molar-refractivity contribution in [3.05, 3.63) is 91.1 Å². The zero-order valence-electron chi connectivity index (χ0n) is 22.3. The molecular weight excluding hydrogens is 506 g/mol. The van der Waals surface area contributed by atoms with Gasteiger partial charge in [-0.3, -0.25) is 9.79 Å². The largest absolute Gasteiger partial charge is 0.481 e. The van der Waals surface area contributed by atoms with E-state index in [0.29, 0.717) is 12.4 Å². The van der Waals surface area contributed by atoms with E-state index in [1.165, 1.54) is 22.5 Å². The summed E-state index contributed by atoms with van der Waals surface area (Å²) in [5.74, 6) is -0.238. The van der Waals surface area contributed by atoms with Crippen molar-refractivity contribution < 1.29 is 14.6 Å². The Morgan fingerprint density at radius 3 is 2.59 bits per heavy atom. The first-order valence-corrected chi connectivity index (χ1v) is 13.8. The average molecular weight is 540 g/mol. The number of hydrogen-bond acceptors (Lipinski definition) is 6. The van der Waals surface area contributed by atoms with Gasteiger partial charge in [-0.05, 0) is 94.4 Å². The van der Waals surface area contributed by atoms with Crippen LogP contribution in [0.15, 0.2) is 90.6 Å². The molecule has 0 spiro atoms. The molecule has 6 nitrogen and oxygen atoms in total. The van der Waals surface area contributed by atoms with Crippen molar-refractivity contribution in [2.24, 2.45) is 4.99 Å². The number of aromatic nitrogens is 1. The van der Waals surface area contributed by atoms with E-state index < -0.39 is 5.97 Å². The third-order valence-electron chi connectivity index (χ3n) is 6.42. The maximum Gasteiger partial charge on any atom is 0.313 e. The zero-order chi connectivity index (χ0) is 27.6. The smallest absolute Gasteiger partial charge is 0.313 e. The van der Waals surface area contributed by atoms with Gasteiger partial charge in [0.25, 0.3) is 0 Å². The van der Waals surface area contributed by atoms with Gasteiger partial charge in [0.15, 0.2) is 0 Å².